The molecule has 2 rings (SSSR count). The summed E-state index contributed by atoms with van der Waals surface area (Å²) in [7, 11) is 0. The van der Waals surface area contributed by atoms with E-state index < -0.39 is 0 Å². The summed E-state index contributed by atoms with van der Waals surface area (Å²) >= 11 is 0. The van der Waals surface area contributed by atoms with Gasteiger partial charge in [-0.2, -0.15) is 0 Å². The van der Waals surface area contributed by atoms with Crippen LogP contribution in [0.15, 0.2) is 30.5 Å². The van der Waals surface area contributed by atoms with E-state index in [1.54, 1.807) is 12.3 Å². The second kappa shape index (κ2) is 4.54. The molecule has 3 heteroatoms. The first kappa shape index (κ1) is 10.3. The molecule has 0 spiro atoms. The van der Waals surface area contributed by atoms with Gasteiger partial charge in [-0.1, -0.05) is 6.07 Å². The molecule has 0 amide bonds. The molecule has 0 aliphatic carbocycles. The molecule has 0 saturated heterocycles. The van der Waals surface area contributed by atoms with Crippen molar-refractivity contribution < 1.29 is 9.53 Å². The van der Waals surface area contributed by atoms with E-state index in [-0.39, 0.29) is 12.6 Å². The summed E-state index contributed by atoms with van der Waals surface area (Å²) in [5, 5.41) is 0.869. The number of hydrogen-bond acceptors (Lipinski definition) is 2. The Balaban J connectivity index is 2.23. The number of benzene rings is 1. The summed E-state index contributed by atoms with van der Waals surface area (Å²) in [6, 6.07) is 7.33. The fraction of sp³-hybridized carbons (Fsp3) is 0.154. The molecule has 0 saturated carbocycles. The molecule has 1 aromatic heterocycles. The van der Waals surface area contributed by atoms with Crippen LogP contribution in [0.4, 0.5) is 0 Å². The third-order valence-electron chi connectivity index (χ3n) is 2.29. The van der Waals surface area contributed by atoms with Gasteiger partial charge in [-0.25, -0.2) is 4.79 Å². The summed E-state index contributed by atoms with van der Waals surface area (Å²) < 4.78 is 5.05. The Labute approximate surface area is 93.4 Å². The van der Waals surface area contributed by atoms with Crippen molar-refractivity contribution in [3.8, 4) is 12.3 Å². The minimum Gasteiger partial charge on any atom is -0.461 e. The lowest BCUT2D eigenvalue weighted by atomic mass is 10.1. The molecule has 0 aliphatic heterocycles. The maximum Gasteiger partial charge on any atom is 0.338 e. The van der Waals surface area contributed by atoms with Gasteiger partial charge >= 0.3 is 5.97 Å². The number of H-pyrrole nitrogens is 1. The average molecular weight is 213 g/mol. The van der Waals surface area contributed by atoms with Crippen LogP contribution in [0.2, 0.25) is 0 Å². The highest BCUT2D eigenvalue weighted by molar-refractivity contribution is 6.03. The van der Waals surface area contributed by atoms with E-state index in [0.717, 1.165) is 10.9 Å². The molecule has 1 N–H and O–H groups in total. The first-order valence-corrected chi connectivity index (χ1v) is 4.99. The summed E-state index contributed by atoms with van der Waals surface area (Å²) in [5.74, 6) is 2.09. The van der Waals surface area contributed by atoms with Crippen LogP contribution in [-0.4, -0.2) is 17.6 Å². The number of ether oxygens (including phenoxy) is 1. The van der Waals surface area contributed by atoms with Crippen LogP contribution in [0.3, 0.4) is 0 Å². The largest absolute Gasteiger partial charge is 0.461 e. The standard InChI is InChI=1S/C13H11NO2/c1-2-3-9-16-13(15)11-5-4-6-12-10(11)7-8-14-12/h1,4-8,14H,3,9H2. The highest BCUT2D eigenvalue weighted by Gasteiger charge is 2.10. The zero-order chi connectivity index (χ0) is 11.4. The second-order valence-corrected chi connectivity index (χ2v) is 3.33. The van der Waals surface area contributed by atoms with Crippen molar-refractivity contribution in [1.82, 2.24) is 4.98 Å². The summed E-state index contributed by atoms with van der Waals surface area (Å²) in [4.78, 5) is 14.8. The van der Waals surface area contributed by atoms with Crippen LogP contribution < -0.4 is 0 Å². The maximum atomic E-state index is 11.7. The van der Waals surface area contributed by atoms with Crippen molar-refractivity contribution in [3.05, 3.63) is 36.0 Å². The molecule has 2 aromatic rings. The lowest BCUT2D eigenvalue weighted by Crippen LogP contribution is -2.06. The van der Waals surface area contributed by atoms with Crippen LogP contribution in [0.5, 0.6) is 0 Å². The number of aromatic nitrogens is 1. The van der Waals surface area contributed by atoms with Gasteiger partial charge in [0.1, 0.15) is 6.61 Å². The Morgan fingerprint density at radius 3 is 3.12 bits per heavy atom. The monoisotopic (exact) mass is 213 g/mol. The third-order valence-corrected chi connectivity index (χ3v) is 2.29. The normalized spacial score (nSPS) is 9.94. The first-order valence-electron chi connectivity index (χ1n) is 4.99. The topological polar surface area (TPSA) is 42.1 Å². The molecule has 0 aliphatic rings. The molecular weight excluding hydrogens is 202 g/mol. The molecule has 1 heterocycles. The highest BCUT2D eigenvalue weighted by Crippen LogP contribution is 2.18. The van der Waals surface area contributed by atoms with E-state index >= 15 is 0 Å². The molecule has 1 aromatic carbocycles. The van der Waals surface area contributed by atoms with Crippen molar-refractivity contribution in [2.75, 3.05) is 6.61 Å². The third kappa shape index (κ3) is 1.91. The number of fused-ring (bicyclic) bond motifs is 1. The van der Waals surface area contributed by atoms with Crippen molar-refractivity contribution in [3.63, 3.8) is 0 Å². The quantitative estimate of drug-likeness (QED) is 0.483. The first-order chi connectivity index (χ1) is 7.83. The minimum absolute atomic E-state index is 0.260. The SMILES string of the molecule is C#CCCOC(=O)c1cccc2[nH]ccc12. The van der Waals surface area contributed by atoms with Gasteiger partial charge in [0.15, 0.2) is 0 Å². The van der Waals surface area contributed by atoms with E-state index in [4.69, 9.17) is 11.2 Å². The summed E-state index contributed by atoms with van der Waals surface area (Å²) in [6.45, 7) is 0.260. The molecule has 0 atom stereocenters. The molecule has 16 heavy (non-hydrogen) atoms. The smallest absolute Gasteiger partial charge is 0.338 e. The fourth-order valence-corrected chi connectivity index (χ4v) is 1.54. The zero-order valence-corrected chi connectivity index (χ0v) is 8.69. The number of hydrogen-bond donors (Lipinski definition) is 1. The van der Waals surface area contributed by atoms with Gasteiger partial charge in [-0.05, 0) is 18.2 Å². The number of nitrogens with one attached hydrogen (secondary N) is 1. The Morgan fingerprint density at radius 1 is 1.44 bits per heavy atom. The lowest BCUT2D eigenvalue weighted by molar-refractivity contribution is 0.0516. The number of aromatic amines is 1. The highest BCUT2D eigenvalue weighted by atomic mass is 16.5. The van der Waals surface area contributed by atoms with Crippen LogP contribution in [0.1, 0.15) is 16.8 Å². The molecule has 0 fully saturated rings. The predicted octanol–water partition coefficient (Wildman–Crippen LogP) is 2.35. The number of terminal acetylenes is 1. The van der Waals surface area contributed by atoms with Crippen molar-refractivity contribution in [2.45, 2.75) is 6.42 Å². The Bertz CT molecular complexity index is 548. The maximum absolute atomic E-state index is 11.7. The number of rotatable bonds is 3. The van der Waals surface area contributed by atoms with Gasteiger partial charge in [0, 0.05) is 23.5 Å². The molecule has 3 nitrogen and oxygen atoms in total. The summed E-state index contributed by atoms with van der Waals surface area (Å²) in [5.41, 5.74) is 1.49. The van der Waals surface area contributed by atoms with Crippen LogP contribution >= 0.6 is 0 Å². The Morgan fingerprint density at radius 2 is 2.31 bits per heavy atom. The minimum atomic E-state index is -0.333. The van der Waals surface area contributed by atoms with Crippen LogP contribution in [0.25, 0.3) is 10.9 Å². The van der Waals surface area contributed by atoms with Crippen molar-refractivity contribution >= 4 is 16.9 Å². The van der Waals surface area contributed by atoms with Crippen LogP contribution in [0, 0.1) is 12.3 Å². The molecule has 0 radical (unpaired) electrons. The lowest BCUT2D eigenvalue weighted by Gasteiger charge is -2.03. The summed E-state index contributed by atoms with van der Waals surface area (Å²) in [6.07, 6.45) is 7.32. The van der Waals surface area contributed by atoms with E-state index in [9.17, 15) is 4.79 Å². The molecule has 80 valence electrons. The van der Waals surface area contributed by atoms with E-state index in [2.05, 4.69) is 10.9 Å². The van der Waals surface area contributed by atoms with Gasteiger partial charge in [-0.15, -0.1) is 12.3 Å². The second-order valence-electron chi connectivity index (χ2n) is 3.33. The number of carbonyl (C=O) groups is 1. The number of carbonyl (C=O) groups excluding carboxylic acids is 1. The van der Waals surface area contributed by atoms with Gasteiger partial charge < -0.3 is 9.72 Å². The van der Waals surface area contributed by atoms with Gasteiger partial charge in [0.05, 0.1) is 5.56 Å². The van der Waals surface area contributed by atoms with Gasteiger partial charge in [0.2, 0.25) is 0 Å². The Kier molecular flexibility index (Phi) is 2.93. The molecule has 0 unspecified atom stereocenters. The molecule has 0 bridgehead atoms. The van der Waals surface area contributed by atoms with E-state index in [0.29, 0.717) is 12.0 Å². The fourth-order valence-electron chi connectivity index (χ4n) is 1.54. The van der Waals surface area contributed by atoms with E-state index in [1.807, 2.05) is 18.2 Å². The molecular formula is C13H11NO2. The van der Waals surface area contributed by atoms with Crippen LogP contribution in [-0.2, 0) is 4.74 Å². The van der Waals surface area contributed by atoms with E-state index in [1.165, 1.54) is 0 Å². The van der Waals surface area contributed by atoms with Crippen molar-refractivity contribution in [1.29, 1.82) is 0 Å². The van der Waals surface area contributed by atoms with Gasteiger partial charge in [-0.3, -0.25) is 0 Å². The predicted molar refractivity (Wildman–Crippen MR) is 62.0 cm³/mol. The Hall–Kier alpha value is -2.21. The zero-order valence-electron chi connectivity index (χ0n) is 8.69. The van der Waals surface area contributed by atoms with Gasteiger partial charge in [0.25, 0.3) is 0 Å². The average Bonchev–Trinajstić information content (AvgIpc) is 2.76. The number of esters is 1. The van der Waals surface area contributed by atoms with Crippen molar-refractivity contribution in [2.24, 2.45) is 0 Å².